The molecule has 0 spiro atoms. The molecule has 0 atom stereocenters. The maximum atomic E-state index is 13.0. The number of esters is 1. The monoisotopic (exact) mass is 466 g/mol. The Labute approximate surface area is 186 Å². The molecule has 2 aromatic rings. The van der Waals surface area contributed by atoms with E-state index in [2.05, 4.69) is 5.32 Å². The van der Waals surface area contributed by atoms with E-state index in [1.165, 1.54) is 57.9 Å². The van der Waals surface area contributed by atoms with Gasteiger partial charge < -0.3 is 14.8 Å². The summed E-state index contributed by atoms with van der Waals surface area (Å²) >= 11 is 1.38. The summed E-state index contributed by atoms with van der Waals surface area (Å²) in [5.41, 5.74) is 1.48. The van der Waals surface area contributed by atoms with Crippen LogP contribution in [0.15, 0.2) is 23.1 Å². The second kappa shape index (κ2) is 9.37. The minimum atomic E-state index is -3.82. The molecule has 0 radical (unpaired) electrons. The van der Waals surface area contributed by atoms with Gasteiger partial charge in [0.25, 0.3) is 5.91 Å². The van der Waals surface area contributed by atoms with Gasteiger partial charge in [0.05, 0.1) is 19.8 Å². The van der Waals surface area contributed by atoms with Gasteiger partial charge in [0.1, 0.15) is 15.6 Å². The predicted molar refractivity (Wildman–Crippen MR) is 119 cm³/mol. The molecule has 1 aromatic carbocycles. The summed E-state index contributed by atoms with van der Waals surface area (Å²) in [5, 5.41) is 3.22. The molecule has 168 valence electrons. The number of carbonyl (C=O) groups is 2. The Morgan fingerprint density at radius 1 is 1.10 bits per heavy atom. The summed E-state index contributed by atoms with van der Waals surface area (Å²) in [7, 11) is 1.67. The van der Waals surface area contributed by atoms with Crippen LogP contribution >= 0.6 is 11.3 Å². The number of hydrogen-bond donors (Lipinski definition) is 1. The first-order valence-corrected chi connectivity index (χ1v) is 12.1. The van der Waals surface area contributed by atoms with Crippen molar-refractivity contribution in [2.75, 3.05) is 33.6 Å². The molecule has 10 heteroatoms. The summed E-state index contributed by atoms with van der Waals surface area (Å²) in [6.07, 6.45) is 4.73. The van der Waals surface area contributed by atoms with Crippen molar-refractivity contribution in [3.8, 4) is 5.75 Å². The largest absolute Gasteiger partial charge is 0.495 e. The molecule has 0 aliphatic heterocycles. The minimum Gasteiger partial charge on any atom is -0.495 e. The molecule has 1 aliphatic carbocycles. The fraction of sp³-hybridized carbons (Fsp3) is 0.429. The first-order chi connectivity index (χ1) is 14.7. The Kier molecular flexibility index (Phi) is 7.03. The summed E-state index contributed by atoms with van der Waals surface area (Å²) in [6, 6.07) is 4.20. The van der Waals surface area contributed by atoms with Gasteiger partial charge >= 0.3 is 5.97 Å². The van der Waals surface area contributed by atoms with Crippen molar-refractivity contribution < 1.29 is 27.5 Å². The molecule has 1 aliphatic rings. The fourth-order valence-corrected chi connectivity index (χ4v) is 5.89. The van der Waals surface area contributed by atoms with E-state index in [1.54, 1.807) is 0 Å². The number of thiophene rings is 1. The van der Waals surface area contributed by atoms with E-state index in [1.807, 2.05) is 0 Å². The lowest BCUT2D eigenvalue weighted by Crippen LogP contribution is -2.23. The van der Waals surface area contributed by atoms with Crippen LogP contribution in [0.2, 0.25) is 0 Å². The molecular formula is C21H26N2O6S2. The second-order valence-corrected chi connectivity index (χ2v) is 10.6. The summed E-state index contributed by atoms with van der Waals surface area (Å²) < 4.78 is 36.5. The highest BCUT2D eigenvalue weighted by Gasteiger charge is 2.28. The average Bonchev–Trinajstić information content (AvgIpc) is 2.92. The number of methoxy groups -OCH3 is 2. The van der Waals surface area contributed by atoms with E-state index >= 15 is 0 Å². The Morgan fingerprint density at radius 2 is 1.81 bits per heavy atom. The summed E-state index contributed by atoms with van der Waals surface area (Å²) in [4.78, 5) is 26.4. The topological polar surface area (TPSA) is 102 Å². The van der Waals surface area contributed by atoms with Crippen LogP contribution in [0.1, 0.15) is 50.4 Å². The van der Waals surface area contributed by atoms with Crippen LogP contribution < -0.4 is 10.1 Å². The zero-order valence-electron chi connectivity index (χ0n) is 18.0. The molecule has 0 unspecified atom stereocenters. The van der Waals surface area contributed by atoms with Crippen LogP contribution in [0.5, 0.6) is 5.75 Å². The van der Waals surface area contributed by atoms with Gasteiger partial charge in [-0.2, -0.15) is 0 Å². The number of nitrogens with zero attached hydrogens (tertiary/aromatic N) is 1. The molecule has 8 nitrogen and oxygen atoms in total. The van der Waals surface area contributed by atoms with Gasteiger partial charge in [-0.05, 0) is 49.4 Å². The highest BCUT2D eigenvalue weighted by Crippen LogP contribution is 2.38. The molecule has 0 saturated carbocycles. The number of sulfonamides is 1. The predicted octanol–water partition coefficient (Wildman–Crippen LogP) is 3.31. The number of anilines is 1. The van der Waals surface area contributed by atoms with E-state index in [0.29, 0.717) is 10.6 Å². The lowest BCUT2D eigenvalue weighted by Gasteiger charge is -2.15. The minimum absolute atomic E-state index is 0.109. The fourth-order valence-electron chi connectivity index (χ4n) is 3.54. The highest BCUT2D eigenvalue weighted by atomic mass is 32.2. The van der Waals surface area contributed by atoms with Gasteiger partial charge in [0.15, 0.2) is 0 Å². The van der Waals surface area contributed by atoms with Crippen LogP contribution in [-0.4, -0.2) is 52.9 Å². The quantitative estimate of drug-likeness (QED) is 0.518. The molecular weight excluding hydrogens is 440 g/mol. The van der Waals surface area contributed by atoms with E-state index in [4.69, 9.17) is 9.47 Å². The second-order valence-electron chi connectivity index (χ2n) is 7.37. The number of ether oxygens (including phenoxy) is 2. The normalized spacial score (nSPS) is 14.0. The lowest BCUT2D eigenvalue weighted by atomic mass is 10.1. The number of nitrogens with one attached hydrogen (secondary N) is 1. The van der Waals surface area contributed by atoms with Crippen LogP contribution in [0, 0.1) is 0 Å². The molecule has 0 bridgehead atoms. The molecule has 3 rings (SSSR count). The third-order valence-corrected chi connectivity index (χ3v) is 8.27. The molecule has 1 heterocycles. The van der Waals surface area contributed by atoms with Crippen molar-refractivity contribution in [1.29, 1.82) is 0 Å². The lowest BCUT2D eigenvalue weighted by molar-refractivity contribution is 0.0601. The number of amides is 1. The van der Waals surface area contributed by atoms with Crippen molar-refractivity contribution in [1.82, 2.24) is 4.31 Å². The van der Waals surface area contributed by atoms with E-state index in [-0.39, 0.29) is 16.2 Å². The highest BCUT2D eigenvalue weighted by molar-refractivity contribution is 7.89. The smallest absolute Gasteiger partial charge is 0.341 e. The van der Waals surface area contributed by atoms with Crippen LogP contribution in [-0.2, 0) is 27.6 Å². The number of benzene rings is 1. The van der Waals surface area contributed by atoms with Gasteiger partial charge in [0.2, 0.25) is 10.0 Å². The van der Waals surface area contributed by atoms with Crippen molar-refractivity contribution in [3.05, 3.63) is 39.8 Å². The number of hydrogen-bond acceptors (Lipinski definition) is 7. The molecule has 1 aromatic heterocycles. The molecule has 1 N–H and O–H groups in total. The van der Waals surface area contributed by atoms with Gasteiger partial charge in [-0.3, -0.25) is 4.79 Å². The third kappa shape index (κ3) is 4.60. The maximum Gasteiger partial charge on any atom is 0.341 e. The van der Waals surface area contributed by atoms with Gasteiger partial charge in [-0.1, -0.05) is 6.42 Å². The zero-order chi connectivity index (χ0) is 22.8. The summed E-state index contributed by atoms with van der Waals surface area (Å²) in [6.45, 7) is 0. The zero-order valence-corrected chi connectivity index (χ0v) is 19.6. The Morgan fingerprint density at radius 3 is 2.45 bits per heavy atom. The Balaban J connectivity index is 2.00. The number of fused-ring (bicyclic) bond motifs is 1. The molecule has 1 amide bonds. The first-order valence-electron chi connectivity index (χ1n) is 9.85. The maximum absolute atomic E-state index is 13.0. The van der Waals surface area contributed by atoms with Crippen LogP contribution in [0.25, 0.3) is 0 Å². The van der Waals surface area contributed by atoms with Crippen molar-refractivity contribution in [3.63, 3.8) is 0 Å². The van der Waals surface area contributed by atoms with E-state index in [0.717, 1.165) is 46.8 Å². The molecule has 0 saturated heterocycles. The van der Waals surface area contributed by atoms with Crippen molar-refractivity contribution in [2.45, 2.75) is 37.0 Å². The van der Waals surface area contributed by atoms with Crippen LogP contribution in [0.4, 0.5) is 5.00 Å². The van der Waals surface area contributed by atoms with E-state index < -0.39 is 21.9 Å². The molecule has 0 fully saturated rings. The Bertz CT molecular complexity index is 1110. The van der Waals surface area contributed by atoms with Gasteiger partial charge in [-0.25, -0.2) is 17.5 Å². The molecule has 31 heavy (non-hydrogen) atoms. The van der Waals surface area contributed by atoms with Crippen LogP contribution in [0.3, 0.4) is 0 Å². The third-order valence-electron chi connectivity index (χ3n) is 5.22. The number of aryl methyl sites for hydroxylation is 1. The van der Waals surface area contributed by atoms with Crippen molar-refractivity contribution >= 4 is 38.2 Å². The van der Waals surface area contributed by atoms with E-state index in [9.17, 15) is 18.0 Å². The Hall–Kier alpha value is -2.43. The first kappa shape index (κ1) is 23.2. The van der Waals surface area contributed by atoms with Crippen molar-refractivity contribution in [2.24, 2.45) is 0 Å². The van der Waals surface area contributed by atoms with Gasteiger partial charge in [0, 0.05) is 24.5 Å². The number of carbonyl (C=O) groups excluding carboxylic acids is 2. The number of rotatable bonds is 6. The average molecular weight is 467 g/mol. The van der Waals surface area contributed by atoms with Gasteiger partial charge in [-0.15, -0.1) is 11.3 Å². The SMILES string of the molecule is COC(=O)c1c(NC(=O)c2ccc(OC)c(S(=O)(=O)N(C)C)c2)sc2c1CCCCC2. The summed E-state index contributed by atoms with van der Waals surface area (Å²) in [5.74, 6) is -0.858. The standard InChI is InChI=1S/C21H26N2O6S2/c1-23(2)31(26,27)17-12-13(10-11-15(17)28-3)19(24)22-20-18(21(25)29-4)14-8-6-5-7-9-16(14)30-20/h10-12H,5-9H2,1-4H3,(H,22,24).